The summed E-state index contributed by atoms with van der Waals surface area (Å²) in [6.07, 6.45) is -7.64. The van der Waals surface area contributed by atoms with Crippen molar-refractivity contribution in [3.05, 3.63) is 11.4 Å². The highest BCUT2D eigenvalue weighted by Crippen LogP contribution is 2.25. The third-order valence-corrected chi connectivity index (χ3v) is 1.73. The third-order valence-electron chi connectivity index (χ3n) is 1.73. The zero-order chi connectivity index (χ0) is 12.3. The van der Waals surface area contributed by atoms with Crippen LogP contribution in [0.4, 0.5) is 22.0 Å². The fourth-order valence-electron chi connectivity index (χ4n) is 1.17. The first kappa shape index (κ1) is 12.8. The fraction of sp³-hybridized carbons (Fsp3) is 0.714. The lowest BCUT2D eigenvalue weighted by molar-refractivity contribution is -0.144. The molecule has 1 N–H and O–H groups in total. The Balaban J connectivity index is 3.00. The molecule has 4 nitrogen and oxygen atoms in total. The van der Waals surface area contributed by atoms with Gasteiger partial charge in [-0.25, -0.2) is 13.5 Å². The first-order valence-corrected chi connectivity index (χ1v) is 4.27. The third kappa shape index (κ3) is 3.12. The first-order chi connectivity index (χ1) is 7.35. The number of rotatable bonds is 4. The van der Waals surface area contributed by atoms with Crippen molar-refractivity contribution in [2.24, 2.45) is 0 Å². The van der Waals surface area contributed by atoms with Crippen LogP contribution in [0.15, 0.2) is 0 Å². The van der Waals surface area contributed by atoms with Crippen molar-refractivity contribution in [1.82, 2.24) is 20.3 Å². The molecule has 1 heterocycles. The molecule has 1 aromatic heterocycles. The van der Waals surface area contributed by atoms with Crippen LogP contribution in [-0.4, -0.2) is 28.2 Å². The topological polar surface area (TPSA) is 42.7 Å². The highest BCUT2D eigenvalue weighted by Gasteiger charge is 2.32. The molecule has 92 valence electrons. The van der Waals surface area contributed by atoms with E-state index in [-0.39, 0.29) is 16.9 Å². The second-order valence-corrected chi connectivity index (χ2v) is 3.03. The van der Waals surface area contributed by atoms with Crippen molar-refractivity contribution in [2.75, 3.05) is 7.05 Å². The van der Waals surface area contributed by atoms with E-state index in [1.54, 1.807) is 0 Å². The number of aromatic nitrogens is 3. The molecular formula is C7H9F5N4. The van der Waals surface area contributed by atoms with E-state index in [4.69, 9.17) is 0 Å². The summed E-state index contributed by atoms with van der Waals surface area (Å²) < 4.78 is 61.3. The van der Waals surface area contributed by atoms with Gasteiger partial charge < -0.3 is 5.32 Å². The van der Waals surface area contributed by atoms with Crippen LogP contribution in [0.2, 0.25) is 0 Å². The van der Waals surface area contributed by atoms with Crippen LogP contribution < -0.4 is 5.32 Å². The van der Waals surface area contributed by atoms with Crippen LogP contribution in [0.3, 0.4) is 0 Å². The maximum atomic E-state index is 12.5. The smallest absolute Gasteiger partial charge is 0.314 e. The minimum atomic E-state index is -4.60. The summed E-state index contributed by atoms with van der Waals surface area (Å²) in [5.41, 5.74) is -0.978. The van der Waals surface area contributed by atoms with Gasteiger partial charge in [0.25, 0.3) is 6.43 Å². The molecule has 0 aliphatic rings. The summed E-state index contributed by atoms with van der Waals surface area (Å²) in [6.45, 7) is -1.62. The van der Waals surface area contributed by atoms with E-state index in [0.29, 0.717) is 0 Å². The van der Waals surface area contributed by atoms with E-state index in [1.165, 1.54) is 7.05 Å². The number of alkyl halides is 5. The maximum Gasteiger partial charge on any atom is 0.408 e. The van der Waals surface area contributed by atoms with Gasteiger partial charge in [-0.15, -0.1) is 5.10 Å². The Morgan fingerprint density at radius 3 is 2.44 bits per heavy atom. The van der Waals surface area contributed by atoms with Gasteiger partial charge >= 0.3 is 6.18 Å². The molecule has 0 amide bonds. The quantitative estimate of drug-likeness (QED) is 0.816. The van der Waals surface area contributed by atoms with Gasteiger partial charge in [-0.1, -0.05) is 5.21 Å². The van der Waals surface area contributed by atoms with Gasteiger partial charge in [-0.05, 0) is 7.05 Å². The number of hydrogen-bond acceptors (Lipinski definition) is 3. The Labute approximate surface area is 87.4 Å². The highest BCUT2D eigenvalue weighted by atomic mass is 19.4. The zero-order valence-electron chi connectivity index (χ0n) is 8.22. The summed E-state index contributed by atoms with van der Waals surface area (Å²) in [7, 11) is 1.47. The van der Waals surface area contributed by atoms with Crippen LogP contribution in [0, 0.1) is 0 Å². The molecule has 0 aliphatic heterocycles. The number of nitrogens with one attached hydrogen (secondary N) is 1. The van der Waals surface area contributed by atoms with Gasteiger partial charge in [0.2, 0.25) is 0 Å². The first-order valence-electron chi connectivity index (χ1n) is 4.27. The van der Waals surface area contributed by atoms with E-state index in [0.717, 1.165) is 0 Å². The molecular weight excluding hydrogens is 235 g/mol. The van der Waals surface area contributed by atoms with Gasteiger partial charge in [0.15, 0.2) is 0 Å². The molecule has 1 aromatic rings. The molecule has 0 fully saturated rings. The van der Waals surface area contributed by atoms with Crippen LogP contribution in [0.1, 0.15) is 17.8 Å². The van der Waals surface area contributed by atoms with Crippen molar-refractivity contribution in [2.45, 2.75) is 25.7 Å². The van der Waals surface area contributed by atoms with Crippen LogP contribution in [0.5, 0.6) is 0 Å². The summed E-state index contributed by atoms with van der Waals surface area (Å²) in [6, 6.07) is 0. The average Bonchev–Trinajstić information content (AvgIpc) is 2.45. The predicted molar refractivity (Wildman–Crippen MR) is 43.8 cm³/mol. The average molecular weight is 244 g/mol. The molecule has 0 radical (unpaired) electrons. The van der Waals surface area contributed by atoms with Gasteiger partial charge in [0, 0.05) is 6.54 Å². The van der Waals surface area contributed by atoms with Crippen LogP contribution in [0.25, 0.3) is 0 Å². The van der Waals surface area contributed by atoms with Gasteiger partial charge in [-0.3, -0.25) is 0 Å². The van der Waals surface area contributed by atoms with Gasteiger partial charge in [-0.2, -0.15) is 13.2 Å². The van der Waals surface area contributed by atoms with Crippen molar-refractivity contribution < 1.29 is 22.0 Å². The lowest BCUT2D eigenvalue weighted by atomic mass is 10.3. The fourth-order valence-corrected chi connectivity index (χ4v) is 1.17. The molecule has 0 aromatic carbocycles. The van der Waals surface area contributed by atoms with Crippen molar-refractivity contribution in [3.63, 3.8) is 0 Å². The Bertz CT molecular complexity index is 345. The molecule has 1 rings (SSSR count). The molecule has 0 saturated heterocycles. The Hall–Kier alpha value is -1.25. The molecule has 9 heteroatoms. The lowest BCUT2D eigenvalue weighted by Gasteiger charge is -2.09. The zero-order valence-corrected chi connectivity index (χ0v) is 8.22. The van der Waals surface area contributed by atoms with Gasteiger partial charge in [0.1, 0.15) is 17.9 Å². The predicted octanol–water partition coefficient (Wildman–Crippen LogP) is 1.50. The monoisotopic (exact) mass is 244 g/mol. The largest absolute Gasteiger partial charge is 0.408 e. The lowest BCUT2D eigenvalue weighted by Crippen LogP contribution is -2.21. The molecule has 0 bridgehead atoms. The van der Waals surface area contributed by atoms with Crippen LogP contribution in [-0.2, 0) is 13.1 Å². The summed E-state index contributed by atoms with van der Waals surface area (Å²) >= 11 is 0. The van der Waals surface area contributed by atoms with E-state index in [1.807, 2.05) is 0 Å². The van der Waals surface area contributed by atoms with Gasteiger partial charge in [0.05, 0.1) is 0 Å². The van der Waals surface area contributed by atoms with E-state index in [2.05, 4.69) is 15.6 Å². The normalized spacial score (nSPS) is 12.4. The number of halogens is 5. The molecule has 16 heavy (non-hydrogen) atoms. The van der Waals surface area contributed by atoms with E-state index < -0.39 is 24.8 Å². The molecule has 0 spiro atoms. The Kier molecular flexibility index (Phi) is 3.79. The number of nitrogens with zero attached hydrogens (tertiary/aromatic N) is 3. The van der Waals surface area contributed by atoms with E-state index in [9.17, 15) is 22.0 Å². The summed E-state index contributed by atoms with van der Waals surface area (Å²) in [5.74, 6) is 0. The van der Waals surface area contributed by atoms with Crippen molar-refractivity contribution in [1.29, 1.82) is 0 Å². The Morgan fingerprint density at radius 2 is 2.00 bits per heavy atom. The number of hydrogen-bond donors (Lipinski definition) is 1. The SMILES string of the molecule is CNCc1nnn(CC(F)(F)F)c1C(F)F. The molecule has 0 unspecified atom stereocenters. The minimum absolute atomic E-state index is 0.0580. The van der Waals surface area contributed by atoms with E-state index >= 15 is 0 Å². The second-order valence-electron chi connectivity index (χ2n) is 3.03. The molecule has 0 atom stereocenters. The van der Waals surface area contributed by atoms with Crippen LogP contribution >= 0.6 is 0 Å². The second kappa shape index (κ2) is 4.73. The highest BCUT2D eigenvalue weighted by molar-refractivity contribution is 5.11. The minimum Gasteiger partial charge on any atom is -0.314 e. The van der Waals surface area contributed by atoms with Crippen molar-refractivity contribution in [3.8, 4) is 0 Å². The molecule has 0 saturated carbocycles. The standard InChI is InChI=1S/C7H9F5N4/c1-13-2-4-5(6(8)9)16(15-14-4)3-7(10,11)12/h6,13H,2-3H2,1H3. The molecule has 0 aliphatic carbocycles. The summed E-state index contributed by atoms with van der Waals surface area (Å²) in [4.78, 5) is 0. The van der Waals surface area contributed by atoms with Crippen molar-refractivity contribution >= 4 is 0 Å². The maximum absolute atomic E-state index is 12.5. The summed E-state index contributed by atoms with van der Waals surface area (Å²) in [5, 5.41) is 8.87. The Morgan fingerprint density at radius 1 is 1.38 bits per heavy atom.